The number of phenols is 1. The highest BCUT2D eigenvalue weighted by Crippen LogP contribution is 2.19. The SMILES string of the molecule is CCc1ccc(O)c(C(=O)NC(C)(C)CO)c1. The van der Waals surface area contributed by atoms with Gasteiger partial charge in [0.1, 0.15) is 5.75 Å². The van der Waals surface area contributed by atoms with E-state index < -0.39 is 5.54 Å². The summed E-state index contributed by atoms with van der Waals surface area (Å²) in [7, 11) is 0. The molecule has 1 aromatic carbocycles. The Hall–Kier alpha value is -1.55. The minimum absolute atomic E-state index is 0.0477. The number of aliphatic hydroxyl groups excluding tert-OH is 1. The van der Waals surface area contributed by atoms with Crippen LogP contribution in [0.15, 0.2) is 18.2 Å². The number of carbonyl (C=O) groups is 1. The van der Waals surface area contributed by atoms with E-state index in [0.717, 1.165) is 12.0 Å². The van der Waals surface area contributed by atoms with Gasteiger partial charge < -0.3 is 15.5 Å². The molecule has 0 radical (unpaired) electrons. The zero-order valence-corrected chi connectivity index (χ0v) is 10.4. The fourth-order valence-corrected chi connectivity index (χ4v) is 1.40. The maximum absolute atomic E-state index is 11.9. The largest absolute Gasteiger partial charge is 0.507 e. The summed E-state index contributed by atoms with van der Waals surface area (Å²) < 4.78 is 0. The third-order valence-electron chi connectivity index (χ3n) is 2.56. The summed E-state index contributed by atoms with van der Waals surface area (Å²) >= 11 is 0. The van der Waals surface area contributed by atoms with Gasteiger partial charge in [0, 0.05) is 0 Å². The van der Waals surface area contributed by atoms with Crippen LogP contribution in [0, 0.1) is 0 Å². The number of aliphatic hydroxyl groups is 1. The molecule has 0 unspecified atom stereocenters. The predicted octanol–water partition coefficient (Wildman–Crippen LogP) is 1.46. The monoisotopic (exact) mass is 237 g/mol. The Balaban J connectivity index is 2.96. The van der Waals surface area contributed by atoms with Crippen molar-refractivity contribution in [2.24, 2.45) is 0 Å². The van der Waals surface area contributed by atoms with Crippen molar-refractivity contribution in [2.45, 2.75) is 32.7 Å². The third-order valence-corrected chi connectivity index (χ3v) is 2.56. The molecule has 0 aliphatic carbocycles. The molecule has 0 aromatic heterocycles. The molecule has 3 N–H and O–H groups in total. The van der Waals surface area contributed by atoms with Crippen LogP contribution in [0.5, 0.6) is 5.75 Å². The van der Waals surface area contributed by atoms with Crippen molar-refractivity contribution in [2.75, 3.05) is 6.61 Å². The molecule has 0 spiro atoms. The average molecular weight is 237 g/mol. The van der Waals surface area contributed by atoms with E-state index in [0.29, 0.717) is 0 Å². The van der Waals surface area contributed by atoms with Crippen LogP contribution >= 0.6 is 0 Å². The van der Waals surface area contributed by atoms with Crippen molar-refractivity contribution in [3.05, 3.63) is 29.3 Å². The molecule has 17 heavy (non-hydrogen) atoms. The lowest BCUT2D eigenvalue weighted by Crippen LogP contribution is -2.46. The van der Waals surface area contributed by atoms with Crippen LogP contribution in [0.3, 0.4) is 0 Å². The number of benzene rings is 1. The number of aryl methyl sites for hydroxylation is 1. The van der Waals surface area contributed by atoms with Crippen molar-refractivity contribution in [1.29, 1.82) is 0 Å². The van der Waals surface area contributed by atoms with Gasteiger partial charge in [-0.15, -0.1) is 0 Å². The standard InChI is InChI=1S/C13H19NO3/c1-4-9-5-6-11(16)10(7-9)12(17)14-13(2,3)8-15/h5-7,15-16H,4,8H2,1-3H3,(H,14,17). The molecular weight excluding hydrogens is 218 g/mol. The number of hydrogen-bond acceptors (Lipinski definition) is 3. The minimum atomic E-state index is -0.703. The zero-order valence-electron chi connectivity index (χ0n) is 10.4. The van der Waals surface area contributed by atoms with Gasteiger partial charge in [-0.25, -0.2) is 0 Å². The molecule has 94 valence electrons. The molecule has 1 amide bonds. The average Bonchev–Trinajstić information content (AvgIpc) is 2.29. The van der Waals surface area contributed by atoms with E-state index in [4.69, 9.17) is 5.11 Å². The highest BCUT2D eigenvalue weighted by atomic mass is 16.3. The zero-order chi connectivity index (χ0) is 13.1. The number of rotatable bonds is 4. The summed E-state index contributed by atoms with van der Waals surface area (Å²) in [4.78, 5) is 11.9. The lowest BCUT2D eigenvalue weighted by atomic mass is 10.0. The molecule has 0 bridgehead atoms. The van der Waals surface area contributed by atoms with Gasteiger partial charge in [-0.2, -0.15) is 0 Å². The van der Waals surface area contributed by atoms with Crippen molar-refractivity contribution in [3.63, 3.8) is 0 Å². The summed E-state index contributed by atoms with van der Waals surface area (Å²) in [5.41, 5.74) is 0.520. The number of hydrogen-bond donors (Lipinski definition) is 3. The van der Waals surface area contributed by atoms with Gasteiger partial charge in [-0.05, 0) is 38.0 Å². The van der Waals surface area contributed by atoms with Crippen molar-refractivity contribution in [1.82, 2.24) is 5.32 Å². The second kappa shape index (κ2) is 5.19. The fourth-order valence-electron chi connectivity index (χ4n) is 1.40. The van der Waals surface area contributed by atoms with Crippen LogP contribution in [0.4, 0.5) is 0 Å². The summed E-state index contributed by atoms with van der Waals surface area (Å²) in [5.74, 6) is -0.426. The van der Waals surface area contributed by atoms with Crippen LogP contribution in [0.2, 0.25) is 0 Å². The quantitative estimate of drug-likeness (QED) is 0.742. The first-order valence-electron chi connectivity index (χ1n) is 5.65. The summed E-state index contributed by atoms with van der Waals surface area (Å²) in [5, 5.41) is 21.4. The summed E-state index contributed by atoms with van der Waals surface area (Å²) in [6, 6.07) is 4.96. The molecule has 0 atom stereocenters. The van der Waals surface area contributed by atoms with E-state index in [1.54, 1.807) is 26.0 Å². The molecule has 0 saturated heterocycles. The van der Waals surface area contributed by atoms with Gasteiger partial charge >= 0.3 is 0 Å². The second-order valence-electron chi connectivity index (χ2n) is 4.70. The van der Waals surface area contributed by atoms with E-state index >= 15 is 0 Å². The first-order chi connectivity index (χ1) is 7.89. The minimum Gasteiger partial charge on any atom is -0.507 e. The third kappa shape index (κ3) is 3.46. The van der Waals surface area contributed by atoms with E-state index in [-0.39, 0.29) is 23.8 Å². The van der Waals surface area contributed by atoms with E-state index in [1.807, 2.05) is 6.92 Å². The van der Waals surface area contributed by atoms with E-state index in [9.17, 15) is 9.90 Å². The molecular formula is C13H19NO3. The van der Waals surface area contributed by atoms with Gasteiger partial charge in [-0.1, -0.05) is 13.0 Å². The summed E-state index contributed by atoms with van der Waals surface area (Å²) in [6.45, 7) is 5.25. The van der Waals surface area contributed by atoms with Gasteiger partial charge in [0.25, 0.3) is 5.91 Å². The van der Waals surface area contributed by atoms with Crippen molar-refractivity contribution < 1.29 is 15.0 Å². The first-order valence-corrected chi connectivity index (χ1v) is 5.65. The number of phenolic OH excluding ortho intramolecular Hbond substituents is 1. The maximum atomic E-state index is 11.9. The van der Waals surface area contributed by atoms with Gasteiger partial charge in [0.05, 0.1) is 17.7 Å². The van der Waals surface area contributed by atoms with Crippen molar-refractivity contribution in [3.8, 4) is 5.75 Å². The molecule has 4 nitrogen and oxygen atoms in total. The molecule has 0 saturated carbocycles. The van der Waals surface area contributed by atoms with Crippen molar-refractivity contribution >= 4 is 5.91 Å². The second-order valence-corrected chi connectivity index (χ2v) is 4.70. The van der Waals surface area contributed by atoms with Gasteiger partial charge in [0.15, 0.2) is 0 Å². The van der Waals surface area contributed by atoms with Crippen LogP contribution in [-0.4, -0.2) is 28.3 Å². The molecule has 0 fully saturated rings. The Morgan fingerprint density at radius 1 is 1.41 bits per heavy atom. The Morgan fingerprint density at radius 2 is 2.06 bits per heavy atom. The number of carbonyl (C=O) groups excluding carboxylic acids is 1. The van der Waals surface area contributed by atoms with E-state index in [2.05, 4.69) is 5.32 Å². The number of aromatic hydroxyl groups is 1. The maximum Gasteiger partial charge on any atom is 0.255 e. The molecule has 0 aliphatic heterocycles. The molecule has 1 aromatic rings. The fraction of sp³-hybridized carbons (Fsp3) is 0.462. The smallest absolute Gasteiger partial charge is 0.255 e. The lowest BCUT2D eigenvalue weighted by molar-refractivity contribution is 0.0866. The van der Waals surface area contributed by atoms with Crippen LogP contribution in [0.25, 0.3) is 0 Å². The van der Waals surface area contributed by atoms with E-state index in [1.165, 1.54) is 6.07 Å². The number of amides is 1. The molecule has 0 aliphatic rings. The van der Waals surface area contributed by atoms with Crippen LogP contribution in [-0.2, 0) is 6.42 Å². The normalized spacial score (nSPS) is 11.3. The Labute approximate surface area is 101 Å². The molecule has 1 rings (SSSR count). The topological polar surface area (TPSA) is 69.6 Å². The predicted molar refractivity (Wildman–Crippen MR) is 66.1 cm³/mol. The van der Waals surface area contributed by atoms with Gasteiger partial charge in [-0.3, -0.25) is 4.79 Å². The van der Waals surface area contributed by atoms with Crippen LogP contribution < -0.4 is 5.32 Å². The Bertz CT molecular complexity index is 413. The van der Waals surface area contributed by atoms with Gasteiger partial charge in [0.2, 0.25) is 0 Å². The van der Waals surface area contributed by atoms with Crippen LogP contribution in [0.1, 0.15) is 36.7 Å². The highest BCUT2D eigenvalue weighted by molar-refractivity contribution is 5.97. The number of nitrogens with one attached hydrogen (secondary N) is 1. The molecule has 0 heterocycles. The highest BCUT2D eigenvalue weighted by Gasteiger charge is 2.21. The Morgan fingerprint density at radius 3 is 2.59 bits per heavy atom. The Kier molecular flexibility index (Phi) is 4.12. The first kappa shape index (κ1) is 13.5. The lowest BCUT2D eigenvalue weighted by Gasteiger charge is -2.23. The molecule has 4 heteroatoms. The summed E-state index contributed by atoms with van der Waals surface area (Å²) in [6.07, 6.45) is 0.796.